The van der Waals surface area contributed by atoms with E-state index in [2.05, 4.69) is 17.9 Å². The number of rotatable bonds is 4. The quantitative estimate of drug-likeness (QED) is 0.622. The molecule has 1 rings (SSSR count). The molecular weight excluding hydrogens is 204 g/mol. The number of carbonyl (C=O) groups excluding carboxylic acids is 1. The Morgan fingerprint density at radius 3 is 2.44 bits per heavy atom. The molecule has 0 bridgehead atoms. The van der Waals surface area contributed by atoms with Crippen LogP contribution >= 0.6 is 0 Å². The SMILES string of the molecule is C=CC(=C)[C@@H](O)c1ccc(C(=O)OC)cc1. The predicted octanol–water partition coefficient (Wildman–Crippen LogP) is 2.25. The van der Waals surface area contributed by atoms with Gasteiger partial charge in [0.15, 0.2) is 0 Å². The van der Waals surface area contributed by atoms with Crippen LogP contribution in [-0.2, 0) is 4.74 Å². The van der Waals surface area contributed by atoms with Crippen LogP contribution in [0.25, 0.3) is 0 Å². The molecule has 16 heavy (non-hydrogen) atoms. The molecule has 0 saturated heterocycles. The minimum absolute atomic E-state index is 0.399. The van der Waals surface area contributed by atoms with E-state index in [1.54, 1.807) is 24.3 Å². The topological polar surface area (TPSA) is 46.5 Å². The van der Waals surface area contributed by atoms with Crippen molar-refractivity contribution in [1.82, 2.24) is 0 Å². The summed E-state index contributed by atoms with van der Waals surface area (Å²) in [6, 6.07) is 6.51. The van der Waals surface area contributed by atoms with Crippen molar-refractivity contribution in [3.63, 3.8) is 0 Å². The summed E-state index contributed by atoms with van der Waals surface area (Å²) in [5.74, 6) is -0.399. The Kier molecular flexibility index (Phi) is 4.03. The molecule has 3 heteroatoms. The number of aliphatic hydroxyl groups is 1. The summed E-state index contributed by atoms with van der Waals surface area (Å²) in [6.07, 6.45) is 0.711. The van der Waals surface area contributed by atoms with Crippen molar-refractivity contribution in [2.45, 2.75) is 6.10 Å². The highest BCUT2D eigenvalue weighted by Crippen LogP contribution is 2.21. The number of carbonyl (C=O) groups is 1. The van der Waals surface area contributed by atoms with Crippen LogP contribution in [0.5, 0.6) is 0 Å². The molecule has 0 aliphatic carbocycles. The van der Waals surface area contributed by atoms with E-state index in [0.717, 1.165) is 0 Å². The van der Waals surface area contributed by atoms with Gasteiger partial charge in [0.05, 0.1) is 12.7 Å². The van der Waals surface area contributed by atoms with Crippen molar-refractivity contribution in [3.05, 3.63) is 60.2 Å². The van der Waals surface area contributed by atoms with E-state index in [-0.39, 0.29) is 0 Å². The van der Waals surface area contributed by atoms with E-state index in [9.17, 15) is 9.90 Å². The first-order chi connectivity index (χ1) is 7.60. The minimum atomic E-state index is -0.788. The molecule has 0 fully saturated rings. The van der Waals surface area contributed by atoms with Gasteiger partial charge in [-0.2, -0.15) is 0 Å². The van der Waals surface area contributed by atoms with Gasteiger partial charge in [0.25, 0.3) is 0 Å². The zero-order valence-electron chi connectivity index (χ0n) is 9.14. The Labute approximate surface area is 94.7 Å². The molecule has 0 unspecified atom stereocenters. The summed E-state index contributed by atoms with van der Waals surface area (Å²) in [5.41, 5.74) is 1.63. The van der Waals surface area contributed by atoms with Gasteiger partial charge in [-0.25, -0.2) is 4.79 Å². The molecule has 0 radical (unpaired) electrons. The fourth-order valence-corrected chi connectivity index (χ4v) is 1.25. The maximum atomic E-state index is 11.2. The van der Waals surface area contributed by atoms with E-state index < -0.39 is 12.1 Å². The van der Waals surface area contributed by atoms with Gasteiger partial charge >= 0.3 is 5.97 Å². The fourth-order valence-electron chi connectivity index (χ4n) is 1.25. The van der Waals surface area contributed by atoms with Gasteiger partial charge in [-0.1, -0.05) is 31.4 Å². The molecule has 0 aromatic heterocycles. The third kappa shape index (κ3) is 2.58. The van der Waals surface area contributed by atoms with Gasteiger partial charge in [-0.05, 0) is 23.3 Å². The second kappa shape index (κ2) is 5.28. The summed E-state index contributed by atoms with van der Waals surface area (Å²) < 4.78 is 4.57. The highest BCUT2D eigenvalue weighted by Gasteiger charge is 2.10. The maximum Gasteiger partial charge on any atom is 0.337 e. The maximum absolute atomic E-state index is 11.2. The Morgan fingerprint density at radius 1 is 1.44 bits per heavy atom. The molecule has 84 valence electrons. The number of esters is 1. The minimum Gasteiger partial charge on any atom is -0.465 e. The molecule has 1 aromatic carbocycles. The van der Waals surface area contributed by atoms with E-state index in [4.69, 9.17) is 0 Å². The molecule has 0 spiro atoms. The average Bonchev–Trinajstić information content (AvgIpc) is 2.36. The smallest absolute Gasteiger partial charge is 0.337 e. The average molecular weight is 218 g/mol. The lowest BCUT2D eigenvalue weighted by Crippen LogP contribution is -2.03. The van der Waals surface area contributed by atoms with Crippen molar-refractivity contribution >= 4 is 5.97 Å². The lowest BCUT2D eigenvalue weighted by Gasteiger charge is -2.11. The normalized spacial score (nSPS) is 11.6. The van der Waals surface area contributed by atoms with Crippen LogP contribution in [0, 0.1) is 0 Å². The Bertz CT molecular complexity index is 404. The van der Waals surface area contributed by atoms with Crippen LogP contribution in [0.15, 0.2) is 49.1 Å². The number of ether oxygens (including phenoxy) is 1. The first kappa shape index (κ1) is 12.2. The third-order valence-electron chi connectivity index (χ3n) is 2.26. The van der Waals surface area contributed by atoms with Crippen molar-refractivity contribution in [2.24, 2.45) is 0 Å². The van der Waals surface area contributed by atoms with E-state index in [0.29, 0.717) is 16.7 Å². The molecule has 1 N–H and O–H groups in total. The lowest BCUT2D eigenvalue weighted by atomic mass is 10.0. The zero-order chi connectivity index (χ0) is 12.1. The molecule has 1 atom stereocenters. The Balaban J connectivity index is 2.90. The van der Waals surface area contributed by atoms with Gasteiger partial charge in [0.1, 0.15) is 6.10 Å². The highest BCUT2D eigenvalue weighted by atomic mass is 16.5. The van der Waals surface area contributed by atoms with E-state index >= 15 is 0 Å². The zero-order valence-corrected chi connectivity index (χ0v) is 9.14. The molecule has 1 aromatic rings. The second-order valence-corrected chi connectivity index (χ2v) is 3.30. The number of aliphatic hydroxyl groups excluding tert-OH is 1. The van der Waals surface area contributed by atoms with Gasteiger partial charge in [-0.3, -0.25) is 0 Å². The van der Waals surface area contributed by atoms with Crippen molar-refractivity contribution in [3.8, 4) is 0 Å². The van der Waals surface area contributed by atoms with Gasteiger partial charge in [0.2, 0.25) is 0 Å². The van der Waals surface area contributed by atoms with Crippen molar-refractivity contribution < 1.29 is 14.6 Å². The summed E-state index contributed by atoms with van der Waals surface area (Å²) in [4.78, 5) is 11.2. The van der Waals surface area contributed by atoms with Crippen LogP contribution in [0.4, 0.5) is 0 Å². The summed E-state index contributed by atoms with van der Waals surface area (Å²) in [6.45, 7) is 7.20. The van der Waals surface area contributed by atoms with Crippen molar-refractivity contribution in [2.75, 3.05) is 7.11 Å². The lowest BCUT2D eigenvalue weighted by molar-refractivity contribution is 0.0600. The first-order valence-electron chi connectivity index (χ1n) is 4.77. The van der Waals surface area contributed by atoms with Gasteiger partial charge < -0.3 is 9.84 Å². The summed E-state index contributed by atoms with van der Waals surface area (Å²) in [5, 5.41) is 9.79. The summed E-state index contributed by atoms with van der Waals surface area (Å²) >= 11 is 0. The fraction of sp³-hybridized carbons (Fsp3) is 0.154. The molecule has 0 amide bonds. The van der Waals surface area contributed by atoms with Crippen LogP contribution in [-0.4, -0.2) is 18.2 Å². The predicted molar refractivity (Wildman–Crippen MR) is 62.1 cm³/mol. The Hall–Kier alpha value is -1.87. The van der Waals surface area contributed by atoms with Crippen molar-refractivity contribution in [1.29, 1.82) is 0 Å². The van der Waals surface area contributed by atoms with E-state index in [1.165, 1.54) is 13.2 Å². The van der Waals surface area contributed by atoms with Gasteiger partial charge in [0, 0.05) is 0 Å². The first-order valence-corrected chi connectivity index (χ1v) is 4.77. The largest absolute Gasteiger partial charge is 0.465 e. The standard InChI is InChI=1S/C13H14O3/c1-4-9(2)12(14)10-5-7-11(8-6-10)13(15)16-3/h4-8,12,14H,1-2H2,3H3/t12-/m1/s1. The Morgan fingerprint density at radius 2 is 2.00 bits per heavy atom. The number of methoxy groups -OCH3 is 1. The van der Waals surface area contributed by atoms with Crippen LogP contribution in [0.2, 0.25) is 0 Å². The molecular formula is C13H14O3. The monoisotopic (exact) mass is 218 g/mol. The second-order valence-electron chi connectivity index (χ2n) is 3.30. The molecule has 0 heterocycles. The molecule has 0 saturated carbocycles. The number of hydrogen-bond acceptors (Lipinski definition) is 3. The summed E-state index contributed by atoms with van der Waals surface area (Å²) in [7, 11) is 1.32. The number of benzene rings is 1. The van der Waals surface area contributed by atoms with Crippen LogP contribution < -0.4 is 0 Å². The number of hydrogen-bond donors (Lipinski definition) is 1. The molecule has 0 aliphatic rings. The van der Waals surface area contributed by atoms with E-state index in [1.807, 2.05) is 0 Å². The van der Waals surface area contributed by atoms with Crippen LogP contribution in [0.3, 0.4) is 0 Å². The molecule has 0 aliphatic heterocycles. The highest BCUT2D eigenvalue weighted by molar-refractivity contribution is 5.89. The third-order valence-corrected chi connectivity index (χ3v) is 2.26. The van der Waals surface area contributed by atoms with Crippen LogP contribution in [0.1, 0.15) is 22.0 Å². The van der Waals surface area contributed by atoms with Gasteiger partial charge in [-0.15, -0.1) is 0 Å². The molecule has 3 nitrogen and oxygen atoms in total.